The Hall–Kier alpha value is -1.66. The van der Waals surface area contributed by atoms with Crippen LogP contribution in [0, 0.1) is 0 Å². The third kappa shape index (κ3) is 61.4. The van der Waals surface area contributed by atoms with Crippen molar-refractivity contribution in [3.63, 3.8) is 0 Å². The molecule has 0 aromatic heterocycles. The Morgan fingerprint density at radius 3 is 0.973 bits per heavy atom. The van der Waals surface area contributed by atoms with Crippen LogP contribution in [0.5, 0.6) is 0 Å². The van der Waals surface area contributed by atoms with E-state index < -0.39 is 12.1 Å². The van der Waals surface area contributed by atoms with Gasteiger partial charge in [-0.3, -0.25) is 9.59 Å². The molecule has 0 aromatic rings. The van der Waals surface area contributed by atoms with Gasteiger partial charge in [0.15, 0.2) is 0 Å². The summed E-state index contributed by atoms with van der Waals surface area (Å²) in [6.45, 7) is 4.96. The summed E-state index contributed by atoms with van der Waals surface area (Å²) in [4.78, 5) is 24.6. The van der Waals surface area contributed by atoms with Gasteiger partial charge in [0.2, 0.25) is 5.91 Å². The van der Waals surface area contributed by atoms with E-state index in [0.29, 0.717) is 25.9 Å². The number of aliphatic hydroxyl groups excluding tert-OH is 2. The first kappa shape index (κ1) is 73.3. The van der Waals surface area contributed by atoms with Crippen molar-refractivity contribution >= 4 is 11.9 Å². The number of aliphatic hydroxyl groups is 2. The van der Waals surface area contributed by atoms with Crippen LogP contribution in [-0.2, 0) is 14.3 Å². The van der Waals surface area contributed by atoms with Gasteiger partial charge in [0.1, 0.15) is 0 Å². The normalized spacial score (nSPS) is 12.6. The molecule has 2 atom stereocenters. The van der Waals surface area contributed by atoms with Crippen LogP contribution in [0.4, 0.5) is 0 Å². The highest BCUT2D eigenvalue weighted by atomic mass is 16.5. The van der Waals surface area contributed by atoms with E-state index in [9.17, 15) is 19.8 Å². The molecule has 0 heterocycles. The maximum Gasteiger partial charge on any atom is 0.305 e. The quantitative estimate of drug-likeness (QED) is 0.0320. The van der Waals surface area contributed by atoms with Gasteiger partial charge in [-0.25, -0.2) is 0 Å². The van der Waals surface area contributed by atoms with Gasteiger partial charge in [-0.15, -0.1) is 0 Å². The summed E-state index contributed by atoms with van der Waals surface area (Å²) in [7, 11) is 0. The first-order valence-corrected chi connectivity index (χ1v) is 34.1. The van der Waals surface area contributed by atoms with Crippen LogP contribution in [0.2, 0.25) is 0 Å². The van der Waals surface area contributed by atoms with E-state index in [2.05, 4.69) is 43.5 Å². The largest absolute Gasteiger partial charge is 0.466 e. The Bertz CT molecular complexity index is 1170. The molecule has 6 heteroatoms. The molecule has 444 valence electrons. The number of hydrogen-bond acceptors (Lipinski definition) is 5. The lowest BCUT2D eigenvalue weighted by molar-refractivity contribution is -0.143. The van der Waals surface area contributed by atoms with Crippen LogP contribution in [0.25, 0.3) is 0 Å². The summed E-state index contributed by atoms with van der Waals surface area (Å²) in [5.74, 6) is -0.0323. The maximum absolute atomic E-state index is 12.5. The molecule has 0 saturated heterocycles. The fraction of sp³-hybridized carbons (Fsp3) is 0.913. The number of amides is 1. The van der Waals surface area contributed by atoms with E-state index >= 15 is 0 Å². The number of unbranched alkanes of at least 4 members (excludes halogenated alkanes) is 49. The van der Waals surface area contributed by atoms with Gasteiger partial charge in [-0.1, -0.05) is 314 Å². The van der Waals surface area contributed by atoms with Crippen molar-refractivity contribution in [2.24, 2.45) is 0 Å². The van der Waals surface area contributed by atoms with E-state index in [1.807, 2.05) is 0 Å². The molecule has 3 N–H and O–H groups in total. The van der Waals surface area contributed by atoms with Gasteiger partial charge in [0, 0.05) is 12.8 Å². The number of carbonyl (C=O) groups excluding carboxylic acids is 2. The molecule has 2 unspecified atom stereocenters. The number of allylic oxidation sites excluding steroid dienone is 4. The predicted molar refractivity (Wildman–Crippen MR) is 329 cm³/mol. The minimum Gasteiger partial charge on any atom is -0.466 e. The van der Waals surface area contributed by atoms with Crippen molar-refractivity contribution in [2.45, 2.75) is 392 Å². The van der Waals surface area contributed by atoms with Crippen molar-refractivity contribution < 1.29 is 24.5 Å². The summed E-state index contributed by atoms with van der Waals surface area (Å²) >= 11 is 0. The third-order valence-electron chi connectivity index (χ3n) is 16.0. The predicted octanol–water partition coefficient (Wildman–Crippen LogP) is 21.8. The molecule has 1 amide bonds. The highest BCUT2D eigenvalue weighted by molar-refractivity contribution is 5.76. The Morgan fingerprint density at radius 1 is 0.360 bits per heavy atom. The van der Waals surface area contributed by atoms with Gasteiger partial charge in [0.25, 0.3) is 0 Å². The summed E-state index contributed by atoms with van der Waals surface area (Å²) in [5, 5.41) is 23.4. The van der Waals surface area contributed by atoms with E-state index in [0.717, 1.165) is 44.9 Å². The Morgan fingerprint density at radius 2 is 0.627 bits per heavy atom. The first-order valence-electron chi connectivity index (χ1n) is 34.1. The van der Waals surface area contributed by atoms with Crippen molar-refractivity contribution in [1.29, 1.82) is 0 Å². The second-order valence-electron chi connectivity index (χ2n) is 23.5. The number of carbonyl (C=O) groups is 2. The molecule has 0 spiro atoms. The highest BCUT2D eigenvalue weighted by Crippen LogP contribution is 2.18. The number of nitrogens with one attached hydrogen (secondary N) is 1. The number of esters is 1. The van der Waals surface area contributed by atoms with Crippen LogP contribution in [0.3, 0.4) is 0 Å². The SMILES string of the molecule is CCCCC/C=C\CCCCCCCC(=O)OCCCCCCCCCCCCCC/C=C\CCCCCCCCCCC(=O)NC(CO)C(O)CCCCCCCCCCCCCCCCCCCCCCCC. The molecule has 0 aromatic carbocycles. The van der Waals surface area contributed by atoms with E-state index in [-0.39, 0.29) is 18.5 Å². The van der Waals surface area contributed by atoms with Crippen LogP contribution in [-0.4, -0.2) is 47.4 Å². The van der Waals surface area contributed by atoms with E-state index in [1.54, 1.807) is 0 Å². The molecule has 0 aliphatic carbocycles. The minimum atomic E-state index is -0.668. The summed E-state index contributed by atoms with van der Waals surface area (Å²) in [6.07, 6.45) is 80.7. The lowest BCUT2D eigenvalue weighted by Crippen LogP contribution is -2.45. The lowest BCUT2D eigenvalue weighted by Gasteiger charge is -2.22. The maximum atomic E-state index is 12.5. The molecule has 6 nitrogen and oxygen atoms in total. The van der Waals surface area contributed by atoms with Crippen molar-refractivity contribution in [3.8, 4) is 0 Å². The molecular weight excluding hydrogens is 923 g/mol. The van der Waals surface area contributed by atoms with Gasteiger partial charge in [-0.2, -0.15) is 0 Å². The van der Waals surface area contributed by atoms with Gasteiger partial charge < -0.3 is 20.3 Å². The molecule has 0 saturated carbocycles. The molecule has 0 radical (unpaired) electrons. The average molecular weight is 1060 g/mol. The summed E-state index contributed by atoms with van der Waals surface area (Å²) < 4.78 is 5.47. The Balaban J connectivity index is 3.41. The number of ether oxygens (including phenoxy) is 1. The molecule has 0 fully saturated rings. The molecular formula is C69H133NO5. The topological polar surface area (TPSA) is 95.9 Å². The van der Waals surface area contributed by atoms with Crippen molar-refractivity contribution in [2.75, 3.05) is 13.2 Å². The number of hydrogen-bond donors (Lipinski definition) is 3. The first-order chi connectivity index (χ1) is 37.0. The van der Waals surface area contributed by atoms with Crippen LogP contribution in [0.15, 0.2) is 24.3 Å². The fourth-order valence-electron chi connectivity index (χ4n) is 10.7. The zero-order valence-electron chi connectivity index (χ0n) is 50.8. The van der Waals surface area contributed by atoms with Crippen LogP contribution >= 0.6 is 0 Å². The summed E-state index contributed by atoms with van der Waals surface area (Å²) in [6, 6.07) is -0.546. The second kappa shape index (κ2) is 64.9. The average Bonchev–Trinajstić information content (AvgIpc) is 3.41. The van der Waals surface area contributed by atoms with Crippen molar-refractivity contribution in [3.05, 3.63) is 24.3 Å². The molecule has 0 aliphatic heterocycles. The minimum absolute atomic E-state index is 0.00309. The van der Waals surface area contributed by atoms with Gasteiger partial charge in [0.05, 0.1) is 25.4 Å². The smallest absolute Gasteiger partial charge is 0.305 e. The third-order valence-corrected chi connectivity index (χ3v) is 16.0. The summed E-state index contributed by atoms with van der Waals surface area (Å²) in [5.41, 5.74) is 0. The lowest BCUT2D eigenvalue weighted by atomic mass is 10.0. The van der Waals surface area contributed by atoms with Crippen LogP contribution < -0.4 is 5.32 Å². The molecule has 0 bridgehead atoms. The van der Waals surface area contributed by atoms with E-state index in [1.165, 1.54) is 302 Å². The molecule has 75 heavy (non-hydrogen) atoms. The molecule has 0 rings (SSSR count). The Labute approximate surface area is 469 Å². The monoisotopic (exact) mass is 1060 g/mol. The molecule has 0 aliphatic rings. The highest BCUT2D eigenvalue weighted by Gasteiger charge is 2.20. The van der Waals surface area contributed by atoms with E-state index in [4.69, 9.17) is 4.74 Å². The van der Waals surface area contributed by atoms with Gasteiger partial charge in [-0.05, 0) is 77.0 Å². The zero-order chi connectivity index (χ0) is 54.3. The zero-order valence-corrected chi connectivity index (χ0v) is 50.8. The number of rotatable bonds is 64. The van der Waals surface area contributed by atoms with Crippen LogP contribution in [0.1, 0.15) is 380 Å². The Kier molecular flexibility index (Phi) is 63.4. The second-order valence-corrected chi connectivity index (χ2v) is 23.5. The standard InChI is InChI=1S/C69H133NO5/c1-3-5-7-9-11-13-15-17-18-19-20-21-26-29-32-35-38-41-45-49-53-57-61-67(72)66(65-71)70-68(73)62-58-54-50-46-42-39-36-33-30-27-24-22-23-25-28-31-34-37-40-44-48-52-56-60-64-75-69(74)63-59-55-51-47-43-16-14-12-10-8-6-4-2/h12,14,24,27,66-67,71-72H,3-11,13,15-23,25-26,28-65H2,1-2H3,(H,70,73)/b14-12-,27-24-. The van der Waals surface area contributed by atoms with Gasteiger partial charge >= 0.3 is 5.97 Å². The van der Waals surface area contributed by atoms with Crippen molar-refractivity contribution in [1.82, 2.24) is 5.32 Å². The fourth-order valence-corrected chi connectivity index (χ4v) is 10.7.